The van der Waals surface area contributed by atoms with Gasteiger partial charge in [-0.15, -0.1) is 0 Å². The highest BCUT2D eigenvalue weighted by Crippen LogP contribution is 2.29. The minimum absolute atomic E-state index is 0.0276. The van der Waals surface area contributed by atoms with Crippen molar-refractivity contribution in [2.24, 2.45) is 0 Å². The van der Waals surface area contributed by atoms with E-state index in [4.69, 9.17) is 5.11 Å². The Hall–Kier alpha value is -1.46. The molecular formula is C9H9F3O3. The summed E-state index contributed by atoms with van der Waals surface area (Å²) >= 11 is 0. The van der Waals surface area contributed by atoms with Gasteiger partial charge in [0.1, 0.15) is 0 Å². The van der Waals surface area contributed by atoms with Crippen LogP contribution >= 0.6 is 0 Å². The summed E-state index contributed by atoms with van der Waals surface area (Å²) < 4.78 is 43.1. The summed E-state index contributed by atoms with van der Waals surface area (Å²) in [7, 11) is 0. The smallest absolute Gasteiger partial charge is 0.341 e. The maximum absolute atomic E-state index is 13.1. The number of hydrogen-bond donors (Lipinski definition) is 1. The fourth-order valence-corrected chi connectivity index (χ4v) is 1.09. The molecule has 2 atom stereocenters. The molecule has 1 aliphatic rings. The van der Waals surface area contributed by atoms with Crippen molar-refractivity contribution in [2.45, 2.75) is 19.3 Å². The SMILES string of the molecule is CCOC(=O)C1=CC(F)C(F)C(O)=C1F. The van der Waals surface area contributed by atoms with E-state index in [1.54, 1.807) is 0 Å². The minimum atomic E-state index is -2.47. The molecule has 0 aromatic heterocycles. The van der Waals surface area contributed by atoms with Gasteiger partial charge in [0.15, 0.2) is 23.9 Å². The van der Waals surface area contributed by atoms with E-state index in [1.165, 1.54) is 6.92 Å². The topological polar surface area (TPSA) is 46.5 Å². The van der Waals surface area contributed by atoms with Crippen LogP contribution in [0.3, 0.4) is 0 Å². The molecule has 0 fully saturated rings. The molecule has 1 N–H and O–H groups in total. The highest BCUT2D eigenvalue weighted by Gasteiger charge is 2.35. The molecule has 0 aromatic carbocycles. The second-order valence-electron chi connectivity index (χ2n) is 2.85. The lowest BCUT2D eigenvalue weighted by Crippen LogP contribution is -2.26. The number of hydrogen-bond acceptors (Lipinski definition) is 3. The van der Waals surface area contributed by atoms with Crippen LogP contribution in [0.25, 0.3) is 0 Å². The van der Waals surface area contributed by atoms with Gasteiger partial charge in [0.2, 0.25) is 0 Å². The number of carbonyl (C=O) groups is 1. The lowest BCUT2D eigenvalue weighted by Gasteiger charge is -2.17. The lowest BCUT2D eigenvalue weighted by atomic mass is 10.0. The summed E-state index contributed by atoms with van der Waals surface area (Å²) in [6.45, 7) is 1.45. The van der Waals surface area contributed by atoms with Crippen LogP contribution in [0.5, 0.6) is 0 Å². The number of esters is 1. The van der Waals surface area contributed by atoms with Crippen LogP contribution in [0.4, 0.5) is 13.2 Å². The number of halogens is 3. The molecule has 0 heterocycles. The molecule has 0 bridgehead atoms. The van der Waals surface area contributed by atoms with E-state index in [-0.39, 0.29) is 6.61 Å². The molecule has 84 valence electrons. The highest BCUT2D eigenvalue weighted by molar-refractivity contribution is 5.93. The van der Waals surface area contributed by atoms with E-state index in [1.807, 2.05) is 0 Å². The normalized spacial score (nSPS) is 26.3. The Balaban J connectivity index is 2.99. The monoisotopic (exact) mass is 222 g/mol. The Bertz CT molecular complexity index is 335. The zero-order chi connectivity index (χ0) is 11.6. The van der Waals surface area contributed by atoms with Crippen LogP contribution in [-0.2, 0) is 9.53 Å². The first kappa shape index (κ1) is 11.6. The maximum Gasteiger partial charge on any atom is 0.341 e. The first-order valence-electron chi connectivity index (χ1n) is 4.25. The van der Waals surface area contributed by atoms with Crippen LogP contribution < -0.4 is 0 Å². The minimum Gasteiger partial charge on any atom is -0.506 e. The summed E-state index contributed by atoms with van der Waals surface area (Å²) in [4.78, 5) is 11.0. The summed E-state index contributed by atoms with van der Waals surface area (Å²) in [5.41, 5.74) is -0.782. The molecule has 15 heavy (non-hydrogen) atoms. The number of ether oxygens (including phenoxy) is 1. The zero-order valence-corrected chi connectivity index (χ0v) is 7.84. The Kier molecular flexibility index (Phi) is 3.39. The average molecular weight is 222 g/mol. The Morgan fingerprint density at radius 3 is 2.73 bits per heavy atom. The van der Waals surface area contributed by atoms with Crippen LogP contribution in [-0.4, -0.2) is 30.0 Å². The molecule has 2 unspecified atom stereocenters. The number of carbonyl (C=O) groups excluding carboxylic acids is 1. The van der Waals surface area contributed by atoms with E-state index in [2.05, 4.69) is 4.74 Å². The van der Waals surface area contributed by atoms with Gasteiger partial charge in [0.25, 0.3) is 0 Å². The predicted molar refractivity (Wildman–Crippen MR) is 45.3 cm³/mol. The van der Waals surface area contributed by atoms with Crippen molar-refractivity contribution >= 4 is 5.97 Å². The van der Waals surface area contributed by atoms with Gasteiger partial charge in [-0.05, 0) is 13.0 Å². The van der Waals surface area contributed by atoms with E-state index >= 15 is 0 Å². The lowest BCUT2D eigenvalue weighted by molar-refractivity contribution is -0.138. The van der Waals surface area contributed by atoms with Crippen molar-refractivity contribution in [3.8, 4) is 0 Å². The first-order valence-corrected chi connectivity index (χ1v) is 4.25. The number of allylic oxidation sites excluding steroid dienone is 2. The third kappa shape index (κ3) is 2.14. The fraction of sp³-hybridized carbons (Fsp3) is 0.444. The molecule has 0 radical (unpaired) electrons. The quantitative estimate of drug-likeness (QED) is 0.726. The van der Waals surface area contributed by atoms with Crippen molar-refractivity contribution in [1.29, 1.82) is 0 Å². The maximum atomic E-state index is 13.1. The van der Waals surface area contributed by atoms with Gasteiger partial charge in [-0.25, -0.2) is 18.0 Å². The number of rotatable bonds is 2. The van der Waals surface area contributed by atoms with Gasteiger partial charge < -0.3 is 9.84 Å². The van der Waals surface area contributed by atoms with Gasteiger partial charge in [0.05, 0.1) is 12.2 Å². The molecule has 1 aliphatic carbocycles. The molecule has 0 saturated heterocycles. The van der Waals surface area contributed by atoms with Gasteiger partial charge in [-0.3, -0.25) is 0 Å². The summed E-state index contributed by atoms with van der Waals surface area (Å²) in [5, 5.41) is 8.85. The Morgan fingerprint density at radius 1 is 1.60 bits per heavy atom. The molecule has 0 amide bonds. The summed E-state index contributed by atoms with van der Waals surface area (Å²) in [5.74, 6) is -4.01. The Labute approximate surface area is 83.8 Å². The van der Waals surface area contributed by atoms with E-state index < -0.39 is 35.5 Å². The van der Waals surface area contributed by atoms with Crippen molar-refractivity contribution < 1.29 is 27.8 Å². The second kappa shape index (κ2) is 4.37. The molecule has 0 spiro atoms. The fourth-order valence-electron chi connectivity index (χ4n) is 1.09. The van der Waals surface area contributed by atoms with E-state index in [9.17, 15) is 18.0 Å². The molecule has 6 heteroatoms. The Morgan fingerprint density at radius 2 is 2.20 bits per heavy atom. The second-order valence-corrected chi connectivity index (χ2v) is 2.85. The van der Waals surface area contributed by atoms with Gasteiger partial charge >= 0.3 is 5.97 Å². The number of aliphatic hydroxyl groups excluding tert-OH is 1. The van der Waals surface area contributed by atoms with Crippen LogP contribution in [0.2, 0.25) is 0 Å². The number of aliphatic hydroxyl groups is 1. The molecule has 0 saturated carbocycles. The third-order valence-corrected chi connectivity index (χ3v) is 1.82. The molecular weight excluding hydrogens is 213 g/mol. The van der Waals surface area contributed by atoms with Crippen LogP contribution in [0.1, 0.15) is 6.92 Å². The first-order chi connectivity index (χ1) is 6.99. The average Bonchev–Trinajstić information content (AvgIpc) is 2.20. The summed E-state index contributed by atoms with van der Waals surface area (Å²) in [6.07, 6.45) is -4.26. The van der Waals surface area contributed by atoms with Crippen LogP contribution in [0.15, 0.2) is 23.2 Å². The molecule has 0 aromatic rings. The summed E-state index contributed by atoms with van der Waals surface area (Å²) in [6, 6.07) is 0. The van der Waals surface area contributed by atoms with E-state index in [0.29, 0.717) is 6.08 Å². The molecule has 0 aliphatic heterocycles. The van der Waals surface area contributed by atoms with Crippen molar-refractivity contribution in [2.75, 3.05) is 6.61 Å². The predicted octanol–water partition coefficient (Wildman–Crippen LogP) is 1.90. The van der Waals surface area contributed by atoms with Crippen molar-refractivity contribution in [3.05, 3.63) is 23.2 Å². The van der Waals surface area contributed by atoms with Crippen molar-refractivity contribution in [1.82, 2.24) is 0 Å². The molecule has 1 rings (SSSR count). The van der Waals surface area contributed by atoms with Gasteiger partial charge in [-0.1, -0.05) is 0 Å². The third-order valence-electron chi connectivity index (χ3n) is 1.82. The standard InChI is InChI=1S/C9H9F3O3/c1-2-15-9(14)4-3-5(10)7(12)8(13)6(4)11/h3,5,7,13H,2H2,1H3. The van der Waals surface area contributed by atoms with Gasteiger partial charge in [-0.2, -0.15) is 0 Å². The van der Waals surface area contributed by atoms with E-state index in [0.717, 1.165) is 0 Å². The number of alkyl halides is 2. The van der Waals surface area contributed by atoms with Gasteiger partial charge in [0, 0.05) is 0 Å². The largest absolute Gasteiger partial charge is 0.506 e. The highest BCUT2D eigenvalue weighted by atomic mass is 19.2. The zero-order valence-electron chi connectivity index (χ0n) is 7.84. The van der Waals surface area contributed by atoms with Crippen molar-refractivity contribution in [3.63, 3.8) is 0 Å². The van der Waals surface area contributed by atoms with Crippen LogP contribution in [0, 0.1) is 0 Å². The molecule has 3 nitrogen and oxygen atoms in total.